The number of hydrogen-bond acceptors (Lipinski definition) is 4. The summed E-state index contributed by atoms with van der Waals surface area (Å²) >= 11 is 0. The maximum absolute atomic E-state index is 12.8. The molecule has 1 aromatic heterocycles. The van der Waals surface area contributed by atoms with Gasteiger partial charge >= 0.3 is 0 Å². The lowest BCUT2D eigenvalue weighted by molar-refractivity contribution is 0.447. The normalized spacial score (nSPS) is 10.1. The second kappa shape index (κ2) is 4.09. The van der Waals surface area contributed by atoms with Crippen LogP contribution in [0.15, 0.2) is 30.6 Å². The molecule has 6 heteroatoms. The Hall–Kier alpha value is -2.24. The monoisotopic (exact) mass is 223 g/mol. The first-order valence-electron chi connectivity index (χ1n) is 4.35. The van der Waals surface area contributed by atoms with Crippen LogP contribution in [0.2, 0.25) is 0 Å². The number of rotatable bonds is 2. The van der Waals surface area contributed by atoms with Crippen molar-refractivity contribution in [1.82, 2.24) is 9.97 Å². The molecule has 0 aliphatic heterocycles. The molecule has 82 valence electrons. The standard InChI is InChI=1S/C10H7F2N3O/c11-7-2-1-6(3-8(7)12)16-10-4-9(13)14-5-15-10/h1-5H,(H2,13,14,15). The third-order valence-electron chi connectivity index (χ3n) is 1.78. The molecule has 0 spiro atoms. The molecule has 1 aromatic carbocycles. The molecule has 2 N–H and O–H groups in total. The van der Waals surface area contributed by atoms with E-state index in [4.69, 9.17) is 10.5 Å². The average Bonchev–Trinajstić information content (AvgIpc) is 2.24. The Morgan fingerprint density at radius 3 is 2.56 bits per heavy atom. The molecule has 4 nitrogen and oxygen atoms in total. The lowest BCUT2D eigenvalue weighted by Gasteiger charge is -2.04. The van der Waals surface area contributed by atoms with E-state index in [1.165, 1.54) is 18.5 Å². The van der Waals surface area contributed by atoms with Crippen LogP contribution in [-0.4, -0.2) is 9.97 Å². The number of nitrogens with zero attached hydrogens (tertiary/aromatic N) is 2. The van der Waals surface area contributed by atoms with Crippen LogP contribution in [-0.2, 0) is 0 Å². The van der Waals surface area contributed by atoms with Gasteiger partial charge in [-0.2, -0.15) is 0 Å². The Balaban J connectivity index is 2.24. The molecular weight excluding hydrogens is 216 g/mol. The summed E-state index contributed by atoms with van der Waals surface area (Å²) in [7, 11) is 0. The summed E-state index contributed by atoms with van der Waals surface area (Å²) in [6, 6.07) is 4.56. The average molecular weight is 223 g/mol. The second-order valence-corrected chi connectivity index (χ2v) is 2.96. The predicted molar refractivity (Wildman–Crippen MR) is 52.9 cm³/mol. The molecule has 0 atom stereocenters. The molecule has 0 aliphatic rings. The van der Waals surface area contributed by atoms with E-state index >= 15 is 0 Å². The quantitative estimate of drug-likeness (QED) is 0.847. The minimum atomic E-state index is -0.987. The molecule has 2 aromatic rings. The minimum absolute atomic E-state index is 0.136. The summed E-state index contributed by atoms with van der Waals surface area (Å²) in [5, 5.41) is 0. The van der Waals surface area contributed by atoms with Gasteiger partial charge in [0.15, 0.2) is 11.6 Å². The Labute approximate surface area is 89.7 Å². The SMILES string of the molecule is Nc1cc(Oc2ccc(F)c(F)c2)ncn1. The number of benzene rings is 1. The first-order chi connectivity index (χ1) is 7.65. The third kappa shape index (κ3) is 2.22. The number of nitrogen functional groups attached to an aromatic ring is 1. The molecule has 1 heterocycles. The lowest BCUT2D eigenvalue weighted by Crippen LogP contribution is -1.94. The Kier molecular flexibility index (Phi) is 2.63. The van der Waals surface area contributed by atoms with Gasteiger partial charge in [0, 0.05) is 12.1 Å². The fraction of sp³-hybridized carbons (Fsp3) is 0. The van der Waals surface area contributed by atoms with Gasteiger partial charge in [0.05, 0.1) is 0 Å². The molecule has 0 saturated carbocycles. The van der Waals surface area contributed by atoms with Crippen molar-refractivity contribution in [3.63, 3.8) is 0 Å². The van der Waals surface area contributed by atoms with Crippen LogP contribution in [0.3, 0.4) is 0 Å². The molecule has 0 unspecified atom stereocenters. The topological polar surface area (TPSA) is 61.0 Å². The summed E-state index contributed by atoms with van der Waals surface area (Å²) in [6.45, 7) is 0. The van der Waals surface area contributed by atoms with Crippen LogP contribution in [0, 0.1) is 11.6 Å². The number of halogens is 2. The van der Waals surface area contributed by atoms with E-state index in [0.29, 0.717) is 0 Å². The summed E-state index contributed by atoms with van der Waals surface area (Å²) < 4.78 is 30.6. The number of nitrogens with two attached hydrogens (primary N) is 1. The Morgan fingerprint density at radius 2 is 1.88 bits per heavy atom. The van der Waals surface area contributed by atoms with Gasteiger partial charge in [-0.15, -0.1) is 0 Å². The molecule has 0 amide bonds. The highest BCUT2D eigenvalue weighted by Gasteiger charge is 2.05. The van der Waals surface area contributed by atoms with Gasteiger partial charge in [-0.3, -0.25) is 0 Å². The zero-order chi connectivity index (χ0) is 11.5. The second-order valence-electron chi connectivity index (χ2n) is 2.96. The smallest absolute Gasteiger partial charge is 0.224 e. The minimum Gasteiger partial charge on any atom is -0.439 e. The highest BCUT2D eigenvalue weighted by Crippen LogP contribution is 2.21. The molecule has 0 bridgehead atoms. The van der Waals surface area contributed by atoms with Gasteiger partial charge in [-0.05, 0) is 12.1 Å². The van der Waals surface area contributed by atoms with Crippen LogP contribution in [0.4, 0.5) is 14.6 Å². The number of aromatic nitrogens is 2. The van der Waals surface area contributed by atoms with Crippen LogP contribution in [0.5, 0.6) is 11.6 Å². The summed E-state index contributed by atoms with van der Waals surface area (Å²) in [6.07, 6.45) is 1.21. The van der Waals surface area contributed by atoms with Crippen LogP contribution >= 0.6 is 0 Å². The zero-order valence-electron chi connectivity index (χ0n) is 8.02. The van der Waals surface area contributed by atoms with E-state index in [9.17, 15) is 8.78 Å². The fourth-order valence-corrected chi connectivity index (χ4v) is 1.07. The predicted octanol–water partition coefficient (Wildman–Crippen LogP) is 2.13. The molecule has 2 rings (SSSR count). The third-order valence-corrected chi connectivity index (χ3v) is 1.78. The van der Waals surface area contributed by atoms with Gasteiger partial charge in [0.25, 0.3) is 0 Å². The number of ether oxygens (including phenoxy) is 1. The molecule has 0 aliphatic carbocycles. The first-order valence-corrected chi connectivity index (χ1v) is 4.35. The number of hydrogen-bond donors (Lipinski definition) is 1. The van der Waals surface area contributed by atoms with Crippen molar-refractivity contribution in [2.75, 3.05) is 5.73 Å². The van der Waals surface area contributed by atoms with Gasteiger partial charge in [-0.1, -0.05) is 0 Å². The van der Waals surface area contributed by atoms with Crippen LogP contribution in [0.1, 0.15) is 0 Å². The van der Waals surface area contributed by atoms with Crippen molar-refractivity contribution in [2.24, 2.45) is 0 Å². The van der Waals surface area contributed by atoms with Crippen molar-refractivity contribution in [1.29, 1.82) is 0 Å². The van der Waals surface area contributed by atoms with Gasteiger partial charge in [-0.25, -0.2) is 18.7 Å². The van der Waals surface area contributed by atoms with E-state index in [1.54, 1.807) is 0 Å². The Morgan fingerprint density at radius 1 is 1.06 bits per heavy atom. The highest BCUT2D eigenvalue weighted by atomic mass is 19.2. The first kappa shape index (κ1) is 10.3. The highest BCUT2D eigenvalue weighted by molar-refractivity contribution is 5.34. The lowest BCUT2D eigenvalue weighted by atomic mass is 10.3. The largest absolute Gasteiger partial charge is 0.439 e. The molecule has 0 fully saturated rings. The van der Waals surface area contributed by atoms with E-state index in [2.05, 4.69) is 9.97 Å². The van der Waals surface area contributed by atoms with Crippen LogP contribution < -0.4 is 10.5 Å². The zero-order valence-corrected chi connectivity index (χ0v) is 8.02. The van der Waals surface area contributed by atoms with E-state index in [-0.39, 0.29) is 17.4 Å². The van der Waals surface area contributed by atoms with E-state index in [0.717, 1.165) is 12.1 Å². The van der Waals surface area contributed by atoms with Crippen molar-refractivity contribution in [2.45, 2.75) is 0 Å². The van der Waals surface area contributed by atoms with Crippen molar-refractivity contribution < 1.29 is 13.5 Å². The maximum atomic E-state index is 12.8. The number of anilines is 1. The van der Waals surface area contributed by atoms with Gasteiger partial charge in [0.1, 0.15) is 17.9 Å². The van der Waals surface area contributed by atoms with Gasteiger partial charge in [0.2, 0.25) is 5.88 Å². The fourth-order valence-electron chi connectivity index (χ4n) is 1.07. The summed E-state index contributed by atoms with van der Waals surface area (Å²) in [4.78, 5) is 7.42. The molecule has 0 saturated heterocycles. The molecular formula is C10H7F2N3O. The summed E-state index contributed by atoms with van der Waals surface area (Å²) in [5.41, 5.74) is 5.40. The van der Waals surface area contributed by atoms with E-state index < -0.39 is 11.6 Å². The van der Waals surface area contributed by atoms with Gasteiger partial charge < -0.3 is 10.5 Å². The molecule has 0 radical (unpaired) electrons. The van der Waals surface area contributed by atoms with Crippen LogP contribution in [0.25, 0.3) is 0 Å². The maximum Gasteiger partial charge on any atom is 0.224 e. The van der Waals surface area contributed by atoms with E-state index in [1.807, 2.05) is 0 Å². The summed E-state index contributed by atoms with van der Waals surface area (Å²) in [5.74, 6) is -1.39. The van der Waals surface area contributed by atoms with Crippen molar-refractivity contribution >= 4 is 5.82 Å². The Bertz CT molecular complexity index is 519. The van der Waals surface area contributed by atoms with Crippen molar-refractivity contribution in [3.05, 3.63) is 42.2 Å². The molecule has 16 heavy (non-hydrogen) atoms. The van der Waals surface area contributed by atoms with Crippen molar-refractivity contribution in [3.8, 4) is 11.6 Å².